The van der Waals surface area contributed by atoms with Crippen molar-refractivity contribution in [2.24, 2.45) is 0 Å². The third-order valence-corrected chi connectivity index (χ3v) is 5.36. The molecule has 1 aliphatic heterocycles. The predicted octanol–water partition coefficient (Wildman–Crippen LogP) is 4.95. The lowest BCUT2D eigenvalue weighted by atomic mass is 9.94. The molecule has 0 radical (unpaired) electrons. The van der Waals surface area contributed by atoms with Crippen LogP contribution in [-0.4, -0.2) is 16.8 Å². The zero-order valence-corrected chi connectivity index (χ0v) is 15.0. The van der Waals surface area contributed by atoms with Crippen molar-refractivity contribution in [3.8, 4) is 0 Å². The van der Waals surface area contributed by atoms with Crippen LogP contribution in [0.2, 0.25) is 0 Å². The van der Waals surface area contributed by atoms with Gasteiger partial charge in [-0.15, -0.1) is 0 Å². The molecule has 2 heterocycles. The van der Waals surface area contributed by atoms with Crippen LogP contribution >= 0.6 is 15.9 Å². The molecule has 0 unspecified atom stereocenters. The first kappa shape index (κ1) is 15.2. The predicted molar refractivity (Wildman–Crippen MR) is 105 cm³/mol. The Labute approximate surface area is 157 Å². The van der Waals surface area contributed by atoms with Crippen molar-refractivity contribution in [3.63, 3.8) is 0 Å². The van der Waals surface area contributed by atoms with Crippen molar-refractivity contribution in [1.82, 2.24) is 4.98 Å². The molecule has 0 aliphatic carbocycles. The highest BCUT2D eigenvalue weighted by molar-refractivity contribution is 9.10. The zero-order valence-electron chi connectivity index (χ0n) is 13.4. The van der Waals surface area contributed by atoms with Gasteiger partial charge in [0, 0.05) is 26.4 Å². The molecular formula is C21H11BrN2O2. The largest absolute Gasteiger partial charge is 0.268 e. The summed E-state index contributed by atoms with van der Waals surface area (Å²) in [4.78, 5) is 31.9. The van der Waals surface area contributed by atoms with E-state index in [-0.39, 0.29) is 11.8 Å². The molecule has 4 nitrogen and oxygen atoms in total. The van der Waals surface area contributed by atoms with Gasteiger partial charge in [0.2, 0.25) is 0 Å². The van der Waals surface area contributed by atoms with Gasteiger partial charge in [-0.2, -0.15) is 0 Å². The van der Waals surface area contributed by atoms with Crippen LogP contribution in [0.15, 0.2) is 71.2 Å². The number of pyridine rings is 1. The first-order chi connectivity index (χ1) is 12.6. The molecule has 0 saturated carbocycles. The lowest BCUT2D eigenvalue weighted by Gasteiger charge is -2.26. The monoisotopic (exact) mass is 402 g/mol. The van der Waals surface area contributed by atoms with Crippen LogP contribution in [0.1, 0.15) is 20.7 Å². The third kappa shape index (κ3) is 2.04. The summed E-state index contributed by atoms with van der Waals surface area (Å²) in [5, 5.41) is 2.50. The van der Waals surface area contributed by atoms with E-state index < -0.39 is 0 Å². The number of amides is 2. The second kappa shape index (κ2) is 5.47. The van der Waals surface area contributed by atoms with Crippen molar-refractivity contribution in [2.45, 2.75) is 0 Å². The number of nitrogens with zero attached hydrogens (tertiary/aromatic N) is 2. The molecule has 4 aromatic rings. The van der Waals surface area contributed by atoms with Gasteiger partial charge in [0.1, 0.15) is 5.82 Å². The molecule has 2 amide bonds. The Bertz CT molecular complexity index is 1230. The number of hydrogen-bond acceptors (Lipinski definition) is 3. The van der Waals surface area contributed by atoms with E-state index in [4.69, 9.17) is 0 Å². The molecule has 0 fully saturated rings. The van der Waals surface area contributed by atoms with Crippen molar-refractivity contribution in [1.29, 1.82) is 0 Å². The van der Waals surface area contributed by atoms with Crippen molar-refractivity contribution in [3.05, 3.63) is 82.3 Å². The zero-order chi connectivity index (χ0) is 17.8. The van der Waals surface area contributed by atoms with Crippen LogP contribution in [0.25, 0.3) is 21.7 Å². The molecule has 0 N–H and O–H groups in total. The molecule has 0 saturated heterocycles. The van der Waals surface area contributed by atoms with Crippen LogP contribution in [0.4, 0.5) is 5.82 Å². The lowest BCUT2D eigenvalue weighted by molar-refractivity contribution is 0.0892. The molecule has 124 valence electrons. The van der Waals surface area contributed by atoms with Crippen molar-refractivity contribution >= 4 is 55.2 Å². The highest BCUT2D eigenvalue weighted by atomic mass is 79.9. The summed E-state index contributed by atoms with van der Waals surface area (Å²) in [7, 11) is 0. The number of halogens is 1. The Morgan fingerprint density at radius 2 is 1.54 bits per heavy atom. The maximum atomic E-state index is 13.1. The molecule has 3 aromatic carbocycles. The Hall–Kier alpha value is -3.05. The van der Waals surface area contributed by atoms with E-state index in [1.165, 1.54) is 0 Å². The fourth-order valence-corrected chi connectivity index (χ4v) is 3.91. The van der Waals surface area contributed by atoms with Gasteiger partial charge in [-0.3, -0.25) is 9.59 Å². The first-order valence-electron chi connectivity index (χ1n) is 8.11. The van der Waals surface area contributed by atoms with Crippen LogP contribution in [-0.2, 0) is 0 Å². The normalized spacial score (nSPS) is 13.7. The summed E-state index contributed by atoms with van der Waals surface area (Å²) in [6.45, 7) is 0. The number of anilines is 1. The second-order valence-electron chi connectivity index (χ2n) is 6.13. The molecule has 0 atom stereocenters. The van der Waals surface area contributed by atoms with E-state index in [0.29, 0.717) is 22.3 Å². The fraction of sp³-hybridized carbons (Fsp3) is 0. The maximum Gasteiger partial charge on any atom is 0.267 e. The Balaban J connectivity index is 1.75. The minimum absolute atomic E-state index is 0.337. The number of para-hydroxylation sites is 1. The number of carbonyl (C=O) groups excluding carboxylic acids is 2. The van der Waals surface area contributed by atoms with E-state index in [1.54, 1.807) is 18.2 Å². The molecule has 0 bridgehead atoms. The minimum atomic E-state index is -0.353. The quantitative estimate of drug-likeness (QED) is 0.423. The maximum absolute atomic E-state index is 13.1. The summed E-state index contributed by atoms with van der Waals surface area (Å²) in [5.41, 5.74) is 1.76. The summed E-state index contributed by atoms with van der Waals surface area (Å²) >= 11 is 3.50. The number of imide groups is 1. The lowest BCUT2D eigenvalue weighted by Crippen LogP contribution is -2.41. The molecule has 5 rings (SSSR count). The van der Waals surface area contributed by atoms with Gasteiger partial charge in [-0.05, 0) is 41.8 Å². The third-order valence-electron chi connectivity index (χ3n) is 4.67. The second-order valence-corrected chi connectivity index (χ2v) is 6.99. The highest BCUT2D eigenvalue weighted by Crippen LogP contribution is 2.35. The Kier molecular flexibility index (Phi) is 3.21. The molecular weight excluding hydrogens is 392 g/mol. The topological polar surface area (TPSA) is 50.3 Å². The molecule has 1 aliphatic rings. The Morgan fingerprint density at radius 1 is 0.769 bits per heavy atom. The molecule has 1 aromatic heterocycles. The highest BCUT2D eigenvalue weighted by Gasteiger charge is 2.35. The van der Waals surface area contributed by atoms with Crippen LogP contribution in [0.3, 0.4) is 0 Å². The van der Waals surface area contributed by atoms with E-state index in [2.05, 4.69) is 20.9 Å². The number of rotatable bonds is 1. The van der Waals surface area contributed by atoms with Crippen LogP contribution < -0.4 is 4.90 Å². The SMILES string of the molecule is O=C1c2cccc3c(Br)ccc(c23)C(=O)N1c1ccc2ccccc2n1. The number of aromatic nitrogens is 1. The van der Waals surface area contributed by atoms with E-state index in [9.17, 15) is 9.59 Å². The van der Waals surface area contributed by atoms with Crippen molar-refractivity contribution < 1.29 is 9.59 Å². The van der Waals surface area contributed by atoms with Gasteiger partial charge in [-0.25, -0.2) is 9.88 Å². The smallest absolute Gasteiger partial charge is 0.267 e. The van der Waals surface area contributed by atoms with Gasteiger partial charge in [0.15, 0.2) is 0 Å². The summed E-state index contributed by atoms with van der Waals surface area (Å²) < 4.78 is 0.857. The molecule has 26 heavy (non-hydrogen) atoms. The average molecular weight is 403 g/mol. The number of hydrogen-bond donors (Lipinski definition) is 0. The van der Waals surface area contributed by atoms with E-state index in [1.807, 2.05) is 48.5 Å². The fourth-order valence-electron chi connectivity index (χ4n) is 3.45. The first-order valence-corrected chi connectivity index (χ1v) is 8.90. The van der Waals surface area contributed by atoms with Gasteiger partial charge < -0.3 is 0 Å². The minimum Gasteiger partial charge on any atom is -0.268 e. The molecule has 0 spiro atoms. The van der Waals surface area contributed by atoms with Crippen LogP contribution in [0.5, 0.6) is 0 Å². The van der Waals surface area contributed by atoms with Crippen molar-refractivity contribution in [2.75, 3.05) is 4.90 Å². The van der Waals surface area contributed by atoms with Gasteiger partial charge in [-0.1, -0.05) is 46.3 Å². The van der Waals surface area contributed by atoms with Gasteiger partial charge in [0.25, 0.3) is 11.8 Å². The average Bonchev–Trinajstić information content (AvgIpc) is 2.67. The standard InChI is InChI=1S/C21H11BrN2O2/c22-16-10-9-15-19-13(16)5-3-6-14(19)20(25)24(21(15)26)18-11-8-12-4-1-2-7-17(12)23-18/h1-11H. The van der Waals surface area contributed by atoms with E-state index in [0.717, 1.165) is 25.7 Å². The Morgan fingerprint density at radius 3 is 2.38 bits per heavy atom. The summed E-state index contributed by atoms with van der Waals surface area (Å²) in [6, 6.07) is 20.3. The summed E-state index contributed by atoms with van der Waals surface area (Å²) in [5.74, 6) is -0.368. The van der Waals surface area contributed by atoms with Gasteiger partial charge in [0.05, 0.1) is 5.52 Å². The number of fused-ring (bicyclic) bond motifs is 1. The van der Waals surface area contributed by atoms with Gasteiger partial charge >= 0.3 is 0 Å². The summed E-state index contributed by atoms with van der Waals surface area (Å²) in [6.07, 6.45) is 0. The number of benzene rings is 3. The van der Waals surface area contributed by atoms with Crippen LogP contribution in [0, 0.1) is 0 Å². The van der Waals surface area contributed by atoms with E-state index >= 15 is 0 Å². The number of carbonyl (C=O) groups is 2. The molecule has 5 heteroatoms.